The first-order valence-corrected chi connectivity index (χ1v) is 5.73. The van der Waals surface area contributed by atoms with Crippen molar-refractivity contribution in [3.63, 3.8) is 0 Å². The molecule has 0 aliphatic carbocycles. The number of benzene rings is 1. The molecule has 0 saturated heterocycles. The molecule has 3 rings (SSSR count). The molecule has 18 heavy (non-hydrogen) atoms. The molecule has 0 bridgehead atoms. The minimum atomic E-state index is -0.245. The zero-order valence-corrected chi connectivity index (χ0v) is 10.3. The fraction of sp³-hybridized carbons (Fsp3) is 0.0833. The molecule has 0 aliphatic rings. The summed E-state index contributed by atoms with van der Waals surface area (Å²) in [6.45, 7) is 1.97. The highest BCUT2D eigenvalue weighted by Crippen LogP contribution is 2.15. The molecule has 90 valence electrons. The lowest BCUT2D eigenvalue weighted by Crippen LogP contribution is -2.15. The molecule has 0 fully saturated rings. The van der Waals surface area contributed by atoms with Crippen LogP contribution in [-0.2, 0) is 0 Å². The molecule has 0 spiro atoms. The van der Waals surface area contributed by atoms with Gasteiger partial charge in [0.2, 0.25) is 5.28 Å². The van der Waals surface area contributed by atoms with E-state index in [1.807, 2.05) is 25.1 Å². The second-order valence-corrected chi connectivity index (χ2v) is 4.31. The normalized spacial score (nSPS) is 11.0. The number of fused-ring (bicyclic) bond motifs is 1. The molecule has 3 aromatic rings. The Morgan fingerprint density at radius 3 is 2.94 bits per heavy atom. The lowest BCUT2D eigenvalue weighted by molar-refractivity contribution is 0.950. The SMILES string of the molecule is Cc1ccc2c(c1)[nH]c(=O)n2-c1ccnc(Cl)n1. The van der Waals surface area contributed by atoms with E-state index in [1.165, 1.54) is 10.8 Å². The van der Waals surface area contributed by atoms with Crippen molar-refractivity contribution in [1.29, 1.82) is 0 Å². The third-order valence-electron chi connectivity index (χ3n) is 2.68. The van der Waals surface area contributed by atoms with Crippen molar-refractivity contribution in [1.82, 2.24) is 19.5 Å². The highest BCUT2D eigenvalue weighted by molar-refractivity contribution is 6.28. The molecule has 0 amide bonds. The van der Waals surface area contributed by atoms with Crippen molar-refractivity contribution < 1.29 is 0 Å². The summed E-state index contributed by atoms with van der Waals surface area (Å²) in [7, 11) is 0. The van der Waals surface area contributed by atoms with Gasteiger partial charge in [0, 0.05) is 12.3 Å². The summed E-state index contributed by atoms with van der Waals surface area (Å²) < 4.78 is 1.47. The lowest BCUT2D eigenvalue weighted by Gasteiger charge is -2.02. The summed E-state index contributed by atoms with van der Waals surface area (Å²) in [5, 5.41) is 0.112. The standard InChI is InChI=1S/C12H9ClN4O/c1-7-2-3-9-8(6-7)15-12(18)17(9)10-4-5-14-11(13)16-10/h2-6H,1H3,(H,15,18). The second-order valence-electron chi connectivity index (χ2n) is 3.97. The quantitative estimate of drug-likeness (QED) is 0.681. The molecule has 6 heteroatoms. The molecule has 0 atom stereocenters. The summed E-state index contributed by atoms with van der Waals surface area (Å²) in [5.74, 6) is 0.454. The first-order valence-electron chi connectivity index (χ1n) is 5.35. The zero-order valence-electron chi connectivity index (χ0n) is 9.51. The number of hydrogen-bond donors (Lipinski definition) is 1. The Labute approximate surface area is 107 Å². The Hall–Kier alpha value is -2.14. The van der Waals surface area contributed by atoms with Crippen LogP contribution in [0.25, 0.3) is 16.9 Å². The van der Waals surface area contributed by atoms with Gasteiger partial charge in [0.1, 0.15) is 5.82 Å². The van der Waals surface area contributed by atoms with Gasteiger partial charge in [-0.2, -0.15) is 4.98 Å². The molecule has 2 heterocycles. The number of nitrogens with one attached hydrogen (secondary N) is 1. The number of H-pyrrole nitrogens is 1. The van der Waals surface area contributed by atoms with Crippen molar-refractivity contribution in [3.8, 4) is 5.82 Å². The molecule has 0 unspecified atom stereocenters. The van der Waals surface area contributed by atoms with Crippen LogP contribution in [0.1, 0.15) is 5.56 Å². The first-order chi connectivity index (χ1) is 8.65. The highest BCUT2D eigenvalue weighted by atomic mass is 35.5. The minimum absolute atomic E-state index is 0.112. The van der Waals surface area contributed by atoms with E-state index in [4.69, 9.17) is 11.6 Å². The predicted molar refractivity (Wildman–Crippen MR) is 69.2 cm³/mol. The molecular weight excluding hydrogens is 252 g/mol. The van der Waals surface area contributed by atoms with Crippen LogP contribution < -0.4 is 5.69 Å². The Morgan fingerprint density at radius 2 is 2.17 bits per heavy atom. The molecule has 2 aromatic heterocycles. The van der Waals surface area contributed by atoms with E-state index < -0.39 is 0 Å². The number of nitrogens with zero attached hydrogens (tertiary/aromatic N) is 3. The maximum Gasteiger partial charge on any atom is 0.332 e. The molecule has 0 saturated carbocycles. The summed E-state index contributed by atoms with van der Waals surface area (Å²) in [6, 6.07) is 7.37. The Bertz CT molecular complexity index is 790. The van der Waals surface area contributed by atoms with Crippen LogP contribution in [0.5, 0.6) is 0 Å². The Balaban J connectivity index is 2.35. The van der Waals surface area contributed by atoms with Crippen molar-refractivity contribution in [2.45, 2.75) is 6.92 Å². The monoisotopic (exact) mass is 260 g/mol. The number of aromatic amines is 1. The molecule has 0 aliphatic heterocycles. The summed E-state index contributed by atoms with van der Waals surface area (Å²) in [5.41, 5.74) is 2.37. The van der Waals surface area contributed by atoms with E-state index in [0.29, 0.717) is 5.82 Å². The van der Waals surface area contributed by atoms with Crippen LogP contribution in [0.3, 0.4) is 0 Å². The predicted octanol–water partition coefficient (Wildman–Crippen LogP) is 2.07. The van der Waals surface area contributed by atoms with Crippen LogP contribution >= 0.6 is 11.6 Å². The number of aryl methyl sites for hydroxylation is 1. The van der Waals surface area contributed by atoms with E-state index >= 15 is 0 Å². The summed E-state index contributed by atoms with van der Waals surface area (Å²) in [4.78, 5) is 22.6. The highest BCUT2D eigenvalue weighted by Gasteiger charge is 2.10. The number of imidazole rings is 1. The van der Waals surface area contributed by atoms with Crippen molar-refractivity contribution >= 4 is 22.6 Å². The third kappa shape index (κ3) is 1.69. The van der Waals surface area contributed by atoms with Crippen molar-refractivity contribution in [3.05, 3.63) is 51.8 Å². The van der Waals surface area contributed by atoms with Gasteiger partial charge in [0.15, 0.2) is 0 Å². The average Bonchev–Trinajstić information content (AvgIpc) is 2.64. The van der Waals surface area contributed by atoms with E-state index in [9.17, 15) is 4.79 Å². The minimum Gasteiger partial charge on any atom is -0.305 e. The van der Waals surface area contributed by atoms with E-state index in [2.05, 4.69) is 15.0 Å². The fourth-order valence-electron chi connectivity index (χ4n) is 1.90. The second kappa shape index (κ2) is 3.96. The largest absolute Gasteiger partial charge is 0.332 e. The van der Waals surface area contributed by atoms with E-state index in [-0.39, 0.29) is 11.0 Å². The topological polar surface area (TPSA) is 63.6 Å². The smallest absolute Gasteiger partial charge is 0.305 e. The van der Waals surface area contributed by atoms with Gasteiger partial charge in [-0.3, -0.25) is 0 Å². The fourth-order valence-corrected chi connectivity index (χ4v) is 2.05. The van der Waals surface area contributed by atoms with E-state index in [1.54, 1.807) is 6.07 Å². The third-order valence-corrected chi connectivity index (χ3v) is 2.86. The van der Waals surface area contributed by atoms with Gasteiger partial charge in [0.05, 0.1) is 11.0 Å². The van der Waals surface area contributed by atoms with Gasteiger partial charge >= 0.3 is 5.69 Å². The number of halogens is 1. The first kappa shape index (κ1) is 11.0. The molecule has 1 N–H and O–H groups in total. The summed E-state index contributed by atoms with van der Waals surface area (Å²) in [6.07, 6.45) is 1.52. The molecule has 0 radical (unpaired) electrons. The van der Waals surface area contributed by atoms with Gasteiger partial charge in [0.25, 0.3) is 0 Å². The van der Waals surface area contributed by atoms with Gasteiger partial charge < -0.3 is 4.98 Å². The van der Waals surface area contributed by atoms with Gasteiger partial charge in [-0.05, 0) is 36.2 Å². The van der Waals surface area contributed by atoms with Gasteiger partial charge in [-0.25, -0.2) is 14.3 Å². The van der Waals surface area contributed by atoms with Crippen LogP contribution in [0.4, 0.5) is 0 Å². The van der Waals surface area contributed by atoms with Crippen LogP contribution in [0.2, 0.25) is 5.28 Å². The molecule has 5 nitrogen and oxygen atoms in total. The Morgan fingerprint density at radius 1 is 1.33 bits per heavy atom. The van der Waals surface area contributed by atoms with Crippen LogP contribution in [-0.4, -0.2) is 19.5 Å². The van der Waals surface area contributed by atoms with Crippen molar-refractivity contribution in [2.24, 2.45) is 0 Å². The van der Waals surface area contributed by atoms with Crippen molar-refractivity contribution in [2.75, 3.05) is 0 Å². The maximum absolute atomic E-state index is 12.0. The van der Waals surface area contributed by atoms with Gasteiger partial charge in [-0.15, -0.1) is 0 Å². The van der Waals surface area contributed by atoms with Gasteiger partial charge in [-0.1, -0.05) is 6.07 Å². The number of aromatic nitrogens is 4. The van der Waals surface area contributed by atoms with Crippen LogP contribution in [0.15, 0.2) is 35.3 Å². The molecular formula is C12H9ClN4O. The maximum atomic E-state index is 12.0. The lowest BCUT2D eigenvalue weighted by atomic mass is 10.2. The summed E-state index contributed by atoms with van der Waals surface area (Å²) >= 11 is 5.74. The van der Waals surface area contributed by atoms with E-state index in [0.717, 1.165) is 16.6 Å². The number of hydrogen-bond acceptors (Lipinski definition) is 3. The zero-order chi connectivity index (χ0) is 12.7. The van der Waals surface area contributed by atoms with Crippen LogP contribution in [0, 0.1) is 6.92 Å². The number of rotatable bonds is 1. The Kier molecular flexibility index (Phi) is 2.41. The average molecular weight is 261 g/mol. The molecule has 1 aromatic carbocycles.